The lowest BCUT2D eigenvalue weighted by Crippen LogP contribution is -2.37. The highest BCUT2D eigenvalue weighted by Gasteiger charge is 2.25. The number of rotatable bonds is 3. The van der Waals surface area contributed by atoms with E-state index >= 15 is 0 Å². The number of nitrogens with one attached hydrogen (secondary N) is 1. The van der Waals surface area contributed by atoms with Crippen molar-refractivity contribution in [3.05, 3.63) is 52.8 Å². The van der Waals surface area contributed by atoms with Crippen LogP contribution in [-0.2, 0) is 0 Å². The summed E-state index contributed by atoms with van der Waals surface area (Å²) in [6.07, 6.45) is 0.868. The van der Waals surface area contributed by atoms with Gasteiger partial charge >= 0.3 is 0 Å². The Morgan fingerprint density at radius 2 is 2.16 bits per heavy atom. The van der Waals surface area contributed by atoms with Gasteiger partial charge in [0.15, 0.2) is 11.5 Å². The molecule has 1 amide bonds. The number of carbonyl (C=O) groups excluding carboxylic acids is 1. The van der Waals surface area contributed by atoms with E-state index in [0.29, 0.717) is 17.1 Å². The normalized spacial score (nSPS) is 17.2. The lowest BCUT2D eigenvalue weighted by molar-refractivity contribution is 0.0940. The third-order valence-electron chi connectivity index (χ3n) is 4.34. The summed E-state index contributed by atoms with van der Waals surface area (Å²) in [5.74, 6) is 1.50. The van der Waals surface area contributed by atoms with E-state index in [1.807, 2.05) is 19.1 Å². The predicted molar refractivity (Wildman–Crippen MR) is 95.1 cm³/mol. The number of benzene rings is 1. The van der Waals surface area contributed by atoms with Crippen LogP contribution in [0.2, 0.25) is 5.02 Å². The average Bonchev–Trinajstić information content (AvgIpc) is 3.22. The summed E-state index contributed by atoms with van der Waals surface area (Å²) in [7, 11) is 0. The molecule has 3 aromatic rings. The first kappa shape index (κ1) is 15.8. The molecule has 0 radical (unpaired) electrons. The van der Waals surface area contributed by atoms with Crippen molar-refractivity contribution in [3.8, 4) is 0 Å². The second-order valence-electron chi connectivity index (χ2n) is 6.12. The number of amides is 1. The van der Waals surface area contributed by atoms with Crippen LogP contribution in [0.25, 0.3) is 5.65 Å². The lowest BCUT2D eigenvalue weighted by atomic mass is 10.2. The number of fused-ring (bicyclic) bond motifs is 1. The Morgan fingerprint density at radius 3 is 3.00 bits per heavy atom. The Bertz CT molecular complexity index is 940. The van der Waals surface area contributed by atoms with Gasteiger partial charge in [-0.1, -0.05) is 17.7 Å². The van der Waals surface area contributed by atoms with Gasteiger partial charge in [-0.05, 0) is 43.7 Å². The number of hydrogen-bond acceptors (Lipinski definition) is 5. The zero-order chi connectivity index (χ0) is 17.4. The molecule has 128 valence electrons. The number of anilines is 1. The van der Waals surface area contributed by atoms with Gasteiger partial charge < -0.3 is 10.2 Å². The molecule has 1 aliphatic rings. The van der Waals surface area contributed by atoms with E-state index in [1.165, 1.54) is 0 Å². The molecule has 8 heteroatoms. The van der Waals surface area contributed by atoms with Gasteiger partial charge in [-0.15, -0.1) is 15.3 Å². The van der Waals surface area contributed by atoms with Crippen LogP contribution in [0.4, 0.5) is 5.82 Å². The van der Waals surface area contributed by atoms with Crippen LogP contribution < -0.4 is 10.2 Å². The van der Waals surface area contributed by atoms with Crippen LogP contribution in [0.1, 0.15) is 22.6 Å². The van der Waals surface area contributed by atoms with E-state index in [1.54, 1.807) is 28.8 Å². The van der Waals surface area contributed by atoms with E-state index in [4.69, 9.17) is 11.6 Å². The van der Waals surface area contributed by atoms with Crippen LogP contribution in [0.15, 0.2) is 36.4 Å². The molecular weight excluding hydrogens is 340 g/mol. The molecule has 1 aliphatic heterocycles. The quantitative estimate of drug-likeness (QED) is 0.777. The van der Waals surface area contributed by atoms with Crippen LogP contribution >= 0.6 is 11.6 Å². The van der Waals surface area contributed by atoms with Crippen molar-refractivity contribution in [2.45, 2.75) is 19.4 Å². The minimum absolute atomic E-state index is 0.0750. The molecule has 3 heterocycles. The first-order valence-electron chi connectivity index (χ1n) is 8.10. The maximum atomic E-state index is 12.4. The molecule has 7 nitrogen and oxygen atoms in total. The van der Waals surface area contributed by atoms with E-state index in [0.717, 1.165) is 30.3 Å². The minimum atomic E-state index is -0.104. The summed E-state index contributed by atoms with van der Waals surface area (Å²) in [6.45, 7) is 3.42. The Morgan fingerprint density at radius 1 is 1.28 bits per heavy atom. The molecule has 1 unspecified atom stereocenters. The summed E-state index contributed by atoms with van der Waals surface area (Å²) in [4.78, 5) is 14.5. The van der Waals surface area contributed by atoms with Crippen molar-refractivity contribution in [1.29, 1.82) is 0 Å². The van der Waals surface area contributed by atoms with Crippen LogP contribution in [0.3, 0.4) is 0 Å². The monoisotopic (exact) mass is 356 g/mol. The van der Waals surface area contributed by atoms with E-state index in [-0.39, 0.29) is 11.9 Å². The SMILES string of the molecule is Cc1nnc2ccc(N3CCC(NC(=O)c4cccc(Cl)c4)C3)nn12. The van der Waals surface area contributed by atoms with Gasteiger partial charge in [-0.3, -0.25) is 4.79 Å². The number of nitrogens with zero attached hydrogens (tertiary/aromatic N) is 5. The van der Waals surface area contributed by atoms with E-state index in [2.05, 4.69) is 25.5 Å². The zero-order valence-electron chi connectivity index (χ0n) is 13.7. The molecule has 0 bridgehead atoms. The van der Waals surface area contributed by atoms with Crippen molar-refractivity contribution >= 4 is 29.0 Å². The molecule has 2 aromatic heterocycles. The Labute approximate surface area is 149 Å². The number of aromatic nitrogens is 4. The number of hydrogen-bond donors (Lipinski definition) is 1. The average molecular weight is 357 g/mol. The fraction of sp³-hybridized carbons (Fsp3) is 0.294. The van der Waals surface area contributed by atoms with Crippen molar-refractivity contribution in [1.82, 2.24) is 25.1 Å². The highest BCUT2D eigenvalue weighted by Crippen LogP contribution is 2.19. The van der Waals surface area contributed by atoms with Crippen molar-refractivity contribution in [2.24, 2.45) is 0 Å². The Balaban J connectivity index is 1.45. The standard InChI is InChI=1S/C17H17ClN6O/c1-11-20-21-15-5-6-16(22-24(11)15)23-8-7-14(10-23)19-17(25)12-3-2-4-13(18)9-12/h2-6,9,14H,7-8,10H2,1H3,(H,19,25). The maximum Gasteiger partial charge on any atom is 0.251 e. The largest absolute Gasteiger partial charge is 0.353 e. The maximum absolute atomic E-state index is 12.4. The molecule has 1 N–H and O–H groups in total. The molecule has 1 fully saturated rings. The van der Waals surface area contributed by atoms with Crippen molar-refractivity contribution < 1.29 is 4.79 Å². The Kier molecular flexibility index (Phi) is 4.01. The van der Waals surface area contributed by atoms with Crippen LogP contribution in [0.5, 0.6) is 0 Å². The van der Waals surface area contributed by atoms with Gasteiger partial charge in [-0.25, -0.2) is 0 Å². The number of carbonyl (C=O) groups is 1. The van der Waals surface area contributed by atoms with Gasteiger partial charge in [0, 0.05) is 29.7 Å². The zero-order valence-corrected chi connectivity index (χ0v) is 14.4. The van der Waals surface area contributed by atoms with E-state index < -0.39 is 0 Å². The first-order valence-corrected chi connectivity index (χ1v) is 8.48. The lowest BCUT2D eigenvalue weighted by Gasteiger charge is -2.18. The highest BCUT2D eigenvalue weighted by atomic mass is 35.5. The van der Waals surface area contributed by atoms with Gasteiger partial charge in [0.05, 0.1) is 0 Å². The molecule has 0 saturated carbocycles. The van der Waals surface area contributed by atoms with Crippen LogP contribution in [0, 0.1) is 6.92 Å². The molecule has 0 spiro atoms. The van der Waals surface area contributed by atoms with Crippen molar-refractivity contribution in [3.63, 3.8) is 0 Å². The van der Waals surface area contributed by atoms with Crippen LogP contribution in [-0.4, -0.2) is 44.8 Å². The minimum Gasteiger partial charge on any atom is -0.353 e. The van der Waals surface area contributed by atoms with E-state index in [9.17, 15) is 4.79 Å². The molecule has 0 aliphatic carbocycles. The molecule has 4 rings (SSSR count). The topological polar surface area (TPSA) is 75.4 Å². The molecule has 1 atom stereocenters. The first-order chi connectivity index (χ1) is 12.1. The summed E-state index contributed by atoms with van der Waals surface area (Å²) < 4.78 is 1.73. The van der Waals surface area contributed by atoms with Gasteiger partial charge in [-0.2, -0.15) is 4.52 Å². The highest BCUT2D eigenvalue weighted by molar-refractivity contribution is 6.30. The second-order valence-corrected chi connectivity index (χ2v) is 6.56. The van der Waals surface area contributed by atoms with Gasteiger partial charge in [0.2, 0.25) is 0 Å². The molecular formula is C17H17ClN6O. The van der Waals surface area contributed by atoms with Crippen molar-refractivity contribution in [2.75, 3.05) is 18.0 Å². The smallest absolute Gasteiger partial charge is 0.251 e. The number of aryl methyl sites for hydroxylation is 1. The summed E-state index contributed by atoms with van der Waals surface area (Å²) >= 11 is 5.95. The second kappa shape index (κ2) is 6.33. The molecule has 25 heavy (non-hydrogen) atoms. The molecule has 1 aromatic carbocycles. The van der Waals surface area contributed by atoms with Gasteiger partial charge in [0.1, 0.15) is 5.82 Å². The third kappa shape index (κ3) is 3.15. The predicted octanol–water partition coefficient (Wildman–Crippen LogP) is 2.09. The summed E-state index contributed by atoms with van der Waals surface area (Å²) in [5.41, 5.74) is 1.30. The fourth-order valence-corrected chi connectivity index (χ4v) is 3.23. The fourth-order valence-electron chi connectivity index (χ4n) is 3.04. The summed E-state index contributed by atoms with van der Waals surface area (Å²) in [6, 6.07) is 10.9. The third-order valence-corrected chi connectivity index (χ3v) is 4.57. The number of halogens is 1. The van der Waals surface area contributed by atoms with Gasteiger partial charge in [0.25, 0.3) is 5.91 Å². The summed E-state index contributed by atoms with van der Waals surface area (Å²) in [5, 5.41) is 16.3. The Hall–Kier alpha value is -2.67. The molecule has 1 saturated heterocycles.